The first kappa shape index (κ1) is 15.3. The van der Waals surface area contributed by atoms with Crippen LogP contribution in [0.1, 0.15) is 38.3 Å². The van der Waals surface area contributed by atoms with Crippen LogP contribution in [0.5, 0.6) is 0 Å². The van der Waals surface area contributed by atoms with E-state index in [0.717, 1.165) is 31.9 Å². The van der Waals surface area contributed by atoms with Crippen LogP contribution >= 0.6 is 0 Å². The molecule has 0 radical (unpaired) electrons. The molecule has 2 atom stereocenters. The van der Waals surface area contributed by atoms with E-state index in [2.05, 4.69) is 54.1 Å². The Balaban J connectivity index is 2.12. The van der Waals surface area contributed by atoms with Gasteiger partial charge in [-0.2, -0.15) is 0 Å². The van der Waals surface area contributed by atoms with E-state index < -0.39 is 0 Å². The van der Waals surface area contributed by atoms with Crippen LogP contribution in [0.25, 0.3) is 0 Å². The van der Waals surface area contributed by atoms with E-state index in [-0.39, 0.29) is 0 Å². The first-order valence-corrected chi connectivity index (χ1v) is 7.73. The highest BCUT2D eigenvalue weighted by molar-refractivity contribution is 5.49. The first-order chi connectivity index (χ1) is 9.63. The third-order valence-electron chi connectivity index (χ3n) is 4.18. The van der Waals surface area contributed by atoms with Gasteiger partial charge in [-0.3, -0.25) is 0 Å². The Kier molecular flexibility index (Phi) is 5.38. The maximum absolute atomic E-state index is 4.65. The van der Waals surface area contributed by atoms with Crippen LogP contribution in [0, 0.1) is 0 Å². The fourth-order valence-corrected chi connectivity index (χ4v) is 2.84. The summed E-state index contributed by atoms with van der Waals surface area (Å²) in [6, 6.07) is 5.25. The van der Waals surface area contributed by atoms with E-state index in [1.807, 2.05) is 12.3 Å². The van der Waals surface area contributed by atoms with E-state index in [9.17, 15) is 0 Å². The first-order valence-electron chi connectivity index (χ1n) is 7.73. The van der Waals surface area contributed by atoms with Gasteiger partial charge >= 0.3 is 0 Å². The number of anilines is 1. The van der Waals surface area contributed by atoms with Crippen LogP contribution in [-0.2, 0) is 0 Å². The van der Waals surface area contributed by atoms with Gasteiger partial charge in [0.2, 0.25) is 0 Å². The summed E-state index contributed by atoms with van der Waals surface area (Å²) in [5.41, 5.74) is 1.32. The van der Waals surface area contributed by atoms with E-state index >= 15 is 0 Å². The molecule has 1 aliphatic rings. The van der Waals surface area contributed by atoms with Crippen molar-refractivity contribution < 1.29 is 0 Å². The quantitative estimate of drug-likeness (QED) is 0.864. The highest BCUT2D eigenvalue weighted by atomic mass is 15.3. The standard InChI is InChI=1S/C16H28N4/c1-5-9-17-13(2)15-7-6-10-18-16(15)20-11-8-14(12-20)19(3)4/h6-7,10,13-14,17H,5,8-9,11-12H2,1-4H3. The topological polar surface area (TPSA) is 31.4 Å². The van der Waals surface area contributed by atoms with Crippen LogP contribution in [0.3, 0.4) is 0 Å². The van der Waals surface area contributed by atoms with Crippen LogP contribution in [0.15, 0.2) is 18.3 Å². The Morgan fingerprint density at radius 2 is 2.30 bits per heavy atom. The van der Waals surface area contributed by atoms with Crippen molar-refractivity contribution in [3.63, 3.8) is 0 Å². The maximum Gasteiger partial charge on any atom is 0.133 e. The molecule has 0 amide bonds. The minimum Gasteiger partial charge on any atom is -0.355 e. The molecule has 0 bridgehead atoms. The zero-order valence-corrected chi connectivity index (χ0v) is 13.3. The number of hydrogen-bond acceptors (Lipinski definition) is 4. The summed E-state index contributed by atoms with van der Waals surface area (Å²) in [7, 11) is 4.33. The molecule has 2 heterocycles. The van der Waals surface area contributed by atoms with Gasteiger partial charge in [0.15, 0.2) is 0 Å². The third kappa shape index (κ3) is 3.49. The van der Waals surface area contributed by atoms with Gasteiger partial charge < -0.3 is 15.1 Å². The minimum absolute atomic E-state index is 0.358. The van der Waals surface area contributed by atoms with Crippen molar-refractivity contribution in [2.24, 2.45) is 0 Å². The molecular weight excluding hydrogens is 248 g/mol. The number of pyridine rings is 1. The smallest absolute Gasteiger partial charge is 0.133 e. The molecule has 112 valence electrons. The predicted octanol–water partition coefficient (Wildman–Crippen LogP) is 2.28. The molecule has 1 N–H and O–H groups in total. The fourth-order valence-electron chi connectivity index (χ4n) is 2.84. The molecular formula is C16H28N4. The second kappa shape index (κ2) is 7.04. The van der Waals surface area contributed by atoms with Crippen molar-refractivity contribution in [3.8, 4) is 0 Å². The molecule has 1 aromatic rings. The molecule has 2 rings (SSSR count). The maximum atomic E-state index is 4.65. The van der Waals surface area contributed by atoms with Gasteiger partial charge in [-0.1, -0.05) is 13.0 Å². The Morgan fingerprint density at radius 1 is 1.50 bits per heavy atom. The number of rotatable bonds is 6. The molecule has 20 heavy (non-hydrogen) atoms. The monoisotopic (exact) mass is 276 g/mol. The van der Waals surface area contributed by atoms with Gasteiger partial charge in [-0.05, 0) is 46.5 Å². The number of hydrogen-bond donors (Lipinski definition) is 1. The van der Waals surface area contributed by atoms with Crippen molar-refractivity contribution in [1.82, 2.24) is 15.2 Å². The van der Waals surface area contributed by atoms with E-state index in [1.165, 1.54) is 12.0 Å². The average molecular weight is 276 g/mol. The van der Waals surface area contributed by atoms with E-state index in [4.69, 9.17) is 0 Å². The summed E-state index contributed by atoms with van der Waals surface area (Å²) >= 11 is 0. The molecule has 4 heteroatoms. The lowest BCUT2D eigenvalue weighted by Gasteiger charge is -2.25. The zero-order chi connectivity index (χ0) is 14.5. The number of likely N-dealkylation sites (N-methyl/N-ethyl adjacent to an activating group) is 1. The number of nitrogens with zero attached hydrogens (tertiary/aromatic N) is 3. The molecule has 4 nitrogen and oxygen atoms in total. The molecule has 0 spiro atoms. The van der Waals surface area contributed by atoms with Gasteiger partial charge in [-0.15, -0.1) is 0 Å². The molecule has 2 unspecified atom stereocenters. The second-order valence-electron chi connectivity index (χ2n) is 5.94. The summed E-state index contributed by atoms with van der Waals surface area (Å²) < 4.78 is 0. The van der Waals surface area contributed by atoms with Crippen molar-refractivity contribution >= 4 is 5.82 Å². The summed E-state index contributed by atoms with van der Waals surface area (Å²) in [6.07, 6.45) is 4.29. The highest BCUT2D eigenvalue weighted by Crippen LogP contribution is 2.27. The summed E-state index contributed by atoms with van der Waals surface area (Å²) in [5, 5.41) is 3.57. The predicted molar refractivity (Wildman–Crippen MR) is 85.3 cm³/mol. The Labute approximate surface area is 123 Å². The molecule has 0 aromatic carbocycles. The van der Waals surface area contributed by atoms with Crippen LogP contribution in [-0.4, -0.2) is 49.7 Å². The number of aromatic nitrogens is 1. The Morgan fingerprint density at radius 3 is 2.95 bits per heavy atom. The Hall–Kier alpha value is -1.13. The summed E-state index contributed by atoms with van der Waals surface area (Å²) in [4.78, 5) is 9.41. The summed E-state index contributed by atoms with van der Waals surface area (Å²) in [6.45, 7) is 7.67. The van der Waals surface area contributed by atoms with E-state index in [0.29, 0.717) is 12.1 Å². The van der Waals surface area contributed by atoms with Gasteiger partial charge in [0.1, 0.15) is 5.82 Å². The third-order valence-corrected chi connectivity index (χ3v) is 4.18. The van der Waals surface area contributed by atoms with Gasteiger partial charge in [-0.25, -0.2) is 4.98 Å². The largest absolute Gasteiger partial charge is 0.355 e. The normalized spacial score (nSPS) is 20.6. The SMILES string of the molecule is CCCNC(C)c1cccnc1N1CCC(N(C)C)C1. The van der Waals surface area contributed by atoms with Crippen molar-refractivity contribution in [3.05, 3.63) is 23.9 Å². The number of nitrogens with one attached hydrogen (secondary N) is 1. The van der Waals surface area contributed by atoms with Gasteiger partial charge in [0.25, 0.3) is 0 Å². The van der Waals surface area contributed by atoms with Gasteiger partial charge in [0.05, 0.1) is 0 Å². The van der Waals surface area contributed by atoms with Crippen LogP contribution in [0.2, 0.25) is 0 Å². The molecule has 0 saturated carbocycles. The summed E-state index contributed by atoms with van der Waals surface area (Å²) in [5.74, 6) is 1.16. The fraction of sp³-hybridized carbons (Fsp3) is 0.688. The minimum atomic E-state index is 0.358. The average Bonchev–Trinajstić information content (AvgIpc) is 2.94. The van der Waals surface area contributed by atoms with Crippen molar-refractivity contribution in [2.75, 3.05) is 38.6 Å². The lowest BCUT2D eigenvalue weighted by Crippen LogP contribution is -2.32. The van der Waals surface area contributed by atoms with E-state index in [1.54, 1.807) is 0 Å². The molecule has 1 saturated heterocycles. The zero-order valence-electron chi connectivity index (χ0n) is 13.3. The van der Waals surface area contributed by atoms with Crippen molar-refractivity contribution in [2.45, 2.75) is 38.8 Å². The lowest BCUT2D eigenvalue weighted by atomic mass is 10.1. The molecule has 1 aromatic heterocycles. The molecule has 0 aliphatic carbocycles. The second-order valence-corrected chi connectivity index (χ2v) is 5.94. The van der Waals surface area contributed by atoms with Crippen LogP contribution < -0.4 is 10.2 Å². The molecule has 1 fully saturated rings. The highest BCUT2D eigenvalue weighted by Gasteiger charge is 2.27. The van der Waals surface area contributed by atoms with Crippen molar-refractivity contribution in [1.29, 1.82) is 0 Å². The molecule has 1 aliphatic heterocycles. The van der Waals surface area contributed by atoms with Gasteiger partial charge in [0, 0.05) is 36.9 Å². The van der Waals surface area contributed by atoms with Crippen LogP contribution in [0.4, 0.5) is 5.82 Å². The Bertz CT molecular complexity index is 419. The lowest BCUT2D eigenvalue weighted by molar-refractivity contribution is 0.315.